The number of hydrogen-bond acceptors (Lipinski definition) is 3. The number of halogens is 2. The quantitative estimate of drug-likeness (QED) is 0.392. The van der Waals surface area contributed by atoms with Gasteiger partial charge in [-0.3, -0.25) is 0 Å². The molecule has 0 heterocycles. The molecule has 0 aliphatic heterocycles. The van der Waals surface area contributed by atoms with Gasteiger partial charge >= 0.3 is 0 Å². The molecule has 0 atom stereocenters. The monoisotopic (exact) mass is 310 g/mol. The zero-order chi connectivity index (χ0) is 14.5. The highest BCUT2D eigenvalue weighted by Gasteiger charge is 2.07. The molecular weight excluding hydrogens is 299 g/mol. The predicted octanol–water partition coefficient (Wildman–Crippen LogP) is 3.67. The molecule has 6 heteroatoms. The first-order chi connectivity index (χ1) is 9.61. The minimum Gasteiger partial charge on any atom is -0.487 e. The van der Waals surface area contributed by atoms with Crippen molar-refractivity contribution in [3.8, 4) is 5.75 Å². The largest absolute Gasteiger partial charge is 0.487 e. The van der Waals surface area contributed by atoms with Crippen LogP contribution < -0.4 is 10.5 Å². The fraction of sp³-hybridized carbons (Fsp3) is 0.0714. The molecule has 0 fully saturated rings. The van der Waals surface area contributed by atoms with E-state index in [0.29, 0.717) is 21.4 Å². The summed E-state index contributed by atoms with van der Waals surface area (Å²) in [7, 11) is 0. The summed E-state index contributed by atoms with van der Waals surface area (Å²) >= 11 is 12.1. The van der Waals surface area contributed by atoms with Crippen LogP contribution in [0, 0.1) is 0 Å². The summed E-state index contributed by atoms with van der Waals surface area (Å²) in [6.07, 6.45) is 0. The Kier molecular flexibility index (Phi) is 4.71. The van der Waals surface area contributed by atoms with Crippen LogP contribution in [0.5, 0.6) is 5.75 Å². The molecule has 2 aromatic carbocycles. The third-order valence-corrected chi connectivity index (χ3v) is 3.34. The minimum absolute atomic E-state index is 0.00507. The standard InChI is InChI=1S/C14H12Cl2N2O2/c15-11-3-1-2-4-13(11)20-8-10-6-5-9(7-12(10)16)14(17)18-19/h1-7,19H,8H2,(H2,17,18). The Bertz CT molecular complexity index is 645. The third kappa shape index (κ3) is 3.35. The first-order valence-electron chi connectivity index (χ1n) is 5.75. The Morgan fingerprint density at radius 3 is 2.55 bits per heavy atom. The van der Waals surface area contributed by atoms with Crippen molar-refractivity contribution in [2.24, 2.45) is 10.9 Å². The maximum Gasteiger partial charge on any atom is 0.170 e. The van der Waals surface area contributed by atoms with E-state index in [-0.39, 0.29) is 12.4 Å². The molecule has 0 saturated carbocycles. The van der Waals surface area contributed by atoms with Crippen LogP contribution in [-0.4, -0.2) is 11.0 Å². The van der Waals surface area contributed by atoms with Gasteiger partial charge in [0.1, 0.15) is 12.4 Å². The number of rotatable bonds is 4. The molecule has 0 radical (unpaired) electrons. The highest BCUT2D eigenvalue weighted by Crippen LogP contribution is 2.25. The summed E-state index contributed by atoms with van der Waals surface area (Å²) < 4.78 is 5.60. The van der Waals surface area contributed by atoms with Gasteiger partial charge in [-0.05, 0) is 18.2 Å². The summed E-state index contributed by atoms with van der Waals surface area (Å²) in [6, 6.07) is 12.3. The zero-order valence-electron chi connectivity index (χ0n) is 10.4. The number of oxime groups is 1. The maximum absolute atomic E-state index is 8.61. The molecule has 2 aromatic rings. The van der Waals surface area contributed by atoms with Crippen molar-refractivity contribution in [1.29, 1.82) is 0 Å². The van der Waals surface area contributed by atoms with Gasteiger partial charge in [0.2, 0.25) is 0 Å². The lowest BCUT2D eigenvalue weighted by molar-refractivity contribution is 0.306. The molecule has 2 rings (SSSR count). The fourth-order valence-electron chi connectivity index (χ4n) is 1.60. The van der Waals surface area contributed by atoms with Crippen LogP contribution in [0.4, 0.5) is 0 Å². The first kappa shape index (κ1) is 14.5. The van der Waals surface area contributed by atoms with E-state index in [1.807, 2.05) is 12.1 Å². The average molecular weight is 311 g/mol. The summed E-state index contributed by atoms with van der Waals surface area (Å²) in [5, 5.41) is 12.5. The van der Waals surface area contributed by atoms with Crippen LogP contribution in [0.3, 0.4) is 0 Å². The van der Waals surface area contributed by atoms with Gasteiger partial charge in [-0.15, -0.1) is 0 Å². The minimum atomic E-state index is 0.00507. The maximum atomic E-state index is 8.61. The number of nitrogens with zero attached hydrogens (tertiary/aromatic N) is 1. The number of nitrogens with two attached hydrogens (primary N) is 1. The lowest BCUT2D eigenvalue weighted by Crippen LogP contribution is -2.13. The Hall–Kier alpha value is -1.91. The van der Waals surface area contributed by atoms with E-state index in [4.69, 9.17) is 38.9 Å². The summed E-state index contributed by atoms with van der Waals surface area (Å²) in [5.41, 5.74) is 6.81. The van der Waals surface area contributed by atoms with Crippen molar-refractivity contribution < 1.29 is 9.94 Å². The van der Waals surface area contributed by atoms with Gasteiger partial charge in [0, 0.05) is 16.1 Å². The molecule has 0 saturated heterocycles. The van der Waals surface area contributed by atoms with Gasteiger partial charge in [-0.2, -0.15) is 0 Å². The van der Waals surface area contributed by atoms with Crippen molar-refractivity contribution in [3.63, 3.8) is 0 Å². The summed E-state index contributed by atoms with van der Waals surface area (Å²) in [5.74, 6) is 0.594. The van der Waals surface area contributed by atoms with Crippen molar-refractivity contribution in [3.05, 3.63) is 63.6 Å². The van der Waals surface area contributed by atoms with E-state index < -0.39 is 0 Å². The third-order valence-electron chi connectivity index (χ3n) is 2.68. The SMILES string of the molecule is N/C(=N/O)c1ccc(COc2ccccc2Cl)c(Cl)c1. The second-order valence-electron chi connectivity index (χ2n) is 4.01. The fourth-order valence-corrected chi connectivity index (χ4v) is 2.02. The van der Waals surface area contributed by atoms with Gasteiger partial charge in [-0.25, -0.2) is 0 Å². The Morgan fingerprint density at radius 1 is 1.15 bits per heavy atom. The van der Waals surface area contributed by atoms with Crippen LogP contribution >= 0.6 is 23.2 Å². The van der Waals surface area contributed by atoms with E-state index >= 15 is 0 Å². The smallest absolute Gasteiger partial charge is 0.170 e. The van der Waals surface area contributed by atoms with E-state index in [2.05, 4.69) is 5.16 Å². The molecule has 3 N–H and O–H groups in total. The molecule has 0 aromatic heterocycles. The number of hydrogen-bond donors (Lipinski definition) is 2. The molecule has 104 valence electrons. The van der Waals surface area contributed by atoms with Crippen molar-refractivity contribution >= 4 is 29.0 Å². The van der Waals surface area contributed by atoms with Gasteiger partial charge in [-0.1, -0.05) is 52.6 Å². The highest BCUT2D eigenvalue weighted by atomic mass is 35.5. The van der Waals surface area contributed by atoms with Gasteiger partial charge in [0.05, 0.1) is 5.02 Å². The number of amidine groups is 1. The van der Waals surface area contributed by atoms with Crippen LogP contribution in [-0.2, 0) is 6.61 Å². The van der Waals surface area contributed by atoms with Crippen LogP contribution in [0.1, 0.15) is 11.1 Å². The topological polar surface area (TPSA) is 67.8 Å². The van der Waals surface area contributed by atoms with Gasteiger partial charge < -0.3 is 15.7 Å². The number of ether oxygens (including phenoxy) is 1. The molecule has 4 nitrogen and oxygen atoms in total. The van der Waals surface area contributed by atoms with Crippen molar-refractivity contribution in [2.75, 3.05) is 0 Å². The predicted molar refractivity (Wildman–Crippen MR) is 79.7 cm³/mol. The van der Waals surface area contributed by atoms with Crippen LogP contribution in [0.25, 0.3) is 0 Å². The summed E-state index contributed by atoms with van der Waals surface area (Å²) in [6.45, 7) is 0.277. The number of para-hydroxylation sites is 1. The van der Waals surface area contributed by atoms with Crippen molar-refractivity contribution in [2.45, 2.75) is 6.61 Å². The second kappa shape index (κ2) is 6.50. The van der Waals surface area contributed by atoms with Crippen LogP contribution in [0.2, 0.25) is 10.0 Å². The first-order valence-corrected chi connectivity index (χ1v) is 6.51. The summed E-state index contributed by atoms with van der Waals surface area (Å²) in [4.78, 5) is 0. The van der Waals surface area contributed by atoms with E-state index in [1.165, 1.54) is 0 Å². The molecule has 20 heavy (non-hydrogen) atoms. The lowest BCUT2D eigenvalue weighted by atomic mass is 10.1. The Morgan fingerprint density at radius 2 is 1.90 bits per heavy atom. The molecule has 0 bridgehead atoms. The molecule has 0 unspecified atom stereocenters. The lowest BCUT2D eigenvalue weighted by Gasteiger charge is -2.10. The molecular formula is C14H12Cl2N2O2. The van der Waals surface area contributed by atoms with Crippen LogP contribution in [0.15, 0.2) is 47.6 Å². The van der Waals surface area contributed by atoms with E-state index in [0.717, 1.165) is 5.56 Å². The molecule has 0 aliphatic rings. The Balaban J connectivity index is 2.13. The molecule has 0 spiro atoms. The van der Waals surface area contributed by atoms with Gasteiger partial charge in [0.25, 0.3) is 0 Å². The normalized spacial score (nSPS) is 11.4. The van der Waals surface area contributed by atoms with E-state index in [1.54, 1.807) is 30.3 Å². The number of benzene rings is 2. The molecule has 0 amide bonds. The zero-order valence-corrected chi connectivity index (χ0v) is 11.9. The highest BCUT2D eigenvalue weighted by molar-refractivity contribution is 6.32. The average Bonchev–Trinajstić information content (AvgIpc) is 2.46. The second-order valence-corrected chi connectivity index (χ2v) is 4.82. The Labute approximate surface area is 126 Å². The van der Waals surface area contributed by atoms with Gasteiger partial charge in [0.15, 0.2) is 5.84 Å². The van der Waals surface area contributed by atoms with Crippen molar-refractivity contribution in [1.82, 2.24) is 0 Å². The molecule has 0 aliphatic carbocycles. The van der Waals surface area contributed by atoms with E-state index in [9.17, 15) is 0 Å².